The maximum atomic E-state index is 11.8. The highest BCUT2D eigenvalue weighted by Crippen LogP contribution is 2.29. The number of aromatic nitrogens is 2. The highest BCUT2D eigenvalue weighted by Gasteiger charge is 2.35. The largest absolute Gasteiger partial charge is 0.341 e. The van der Waals surface area contributed by atoms with Gasteiger partial charge in [-0.15, -0.1) is 11.3 Å². The maximum Gasteiger partial charge on any atom is 0.233 e. The molecule has 1 saturated heterocycles. The molecule has 3 rings (SSSR count). The number of hydrogen-bond donors (Lipinski definition) is 0. The van der Waals surface area contributed by atoms with Crippen LogP contribution in [0.5, 0.6) is 0 Å². The summed E-state index contributed by atoms with van der Waals surface area (Å²) in [5.74, 6) is 1.72. The zero-order valence-corrected chi connectivity index (χ0v) is 12.2. The highest BCUT2D eigenvalue weighted by molar-refractivity contribution is 7.13. The molecule has 0 aromatic carbocycles. The summed E-state index contributed by atoms with van der Waals surface area (Å²) in [5.41, 5.74) is 0. The van der Waals surface area contributed by atoms with Crippen molar-refractivity contribution in [1.29, 1.82) is 0 Å². The van der Waals surface area contributed by atoms with Gasteiger partial charge >= 0.3 is 0 Å². The van der Waals surface area contributed by atoms with Gasteiger partial charge in [0.1, 0.15) is 0 Å². The Labute approximate surface area is 121 Å². The predicted octanol–water partition coefficient (Wildman–Crippen LogP) is 2.91. The van der Waals surface area contributed by atoms with Crippen molar-refractivity contribution in [2.45, 2.75) is 32.1 Å². The average molecular weight is 291 g/mol. The molecule has 0 radical (unpaired) electrons. The number of amides is 1. The molecule has 0 spiro atoms. The summed E-state index contributed by atoms with van der Waals surface area (Å²) in [7, 11) is 0. The maximum absolute atomic E-state index is 11.8. The molecule has 0 bridgehead atoms. The van der Waals surface area contributed by atoms with Crippen LogP contribution in [0.4, 0.5) is 0 Å². The van der Waals surface area contributed by atoms with E-state index in [4.69, 9.17) is 4.52 Å². The van der Waals surface area contributed by atoms with Crippen LogP contribution < -0.4 is 0 Å². The first-order valence-corrected chi connectivity index (χ1v) is 7.81. The van der Waals surface area contributed by atoms with Crippen LogP contribution in [0.1, 0.15) is 38.0 Å². The summed E-state index contributed by atoms with van der Waals surface area (Å²) in [5, 5.41) is 5.99. The summed E-state index contributed by atoms with van der Waals surface area (Å²) in [6.07, 6.45) is 2.66. The van der Waals surface area contributed by atoms with E-state index in [2.05, 4.69) is 17.1 Å². The first-order chi connectivity index (χ1) is 9.78. The summed E-state index contributed by atoms with van der Waals surface area (Å²) < 4.78 is 5.31. The van der Waals surface area contributed by atoms with Gasteiger partial charge in [-0.25, -0.2) is 0 Å². The van der Waals surface area contributed by atoms with Crippen molar-refractivity contribution >= 4 is 17.2 Å². The lowest BCUT2D eigenvalue weighted by atomic mass is 9.99. The van der Waals surface area contributed by atoms with E-state index >= 15 is 0 Å². The van der Waals surface area contributed by atoms with E-state index in [1.807, 2.05) is 22.4 Å². The fourth-order valence-corrected chi connectivity index (χ4v) is 2.88. The molecule has 106 valence electrons. The number of nitrogens with zero attached hydrogens (tertiary/aromatic N) is 3. The van der Waals surface area contributed by atoms with E-state index in [0.717, 1.165) is 17.7 Å². The number of likely N-dealkylation sites (tertiary alicyclic amines) is 1. The Balaban J connectivity index is 1.56. The van der Waals surface area contributed by atoms with Crippen molar-refractivity contribution in [3.63, 3.8) is 0 Å². The molecule has 2 aromatic heterocycles. The number of carbonyl (C=O) groups is 1. The van der Waals surface area contributed by atoms with Crippen LogP contribution in [-0.4, -0.2) is 34.0 Å². The molecule has 20 heavy (non-hydrogen) atoms. The average Bonchev–Trinajstić information content (AvgIpc) is 3.04. The third-order valence-corrected chi connectivity index (χ3v) is 4.38. The quantitative estimate of drug-likeness (QED) is 0.850. The lowest BCUT2D eigenvalue weighted by Crippen LogP contribution is -2.48. The van der Waals surface area contributed by atoms with E-state index in [-0.39, 0.29) is 11.8 Å². The number of unbranched alkanes of at least 4 members (excludes halogenated alkanes) is 1. The van der Waals surface area contributed by atoms with Crippen LogP contribution in [0.3, 0.4) is 0 Å². The normalized spacial score (nSPS) is 15.3. The molecule has 0 N–H and O–H groups in total. The third kappa shape index (κ3) is 2.60. The lowest BCUT2D eigenvalue weighted by molar-refractivity contribution is -0.136. The third-order valence-electron chi connectivity index (χ3n) is 3.51. The van der Waals surface area contributed by atoms with Crippen LogP contribution in [0, 0.1) is 0 Å². The van der Waals surface area contributed by atoms with Gasteiger partial charge in [0, 0.05) is 19.5 Å². The first-order valence-electron chi connectivity index (χ1n) is 6.93. The van der Waals surface area contributed by atoms with E-state index in [9.17, 15) is 4.79 Å². The Morgan fingerprint density at radius 2 is 2.40 bits per heavy atom. The molecular formula is C14H17N3O2S. The molecule has 1 fully saturated rings. The minimum Gasteiger partial charge on any atom is -0.341 e. The Bertz CT molecular complexity index is 573. The molecule has 1 amide bonds. The van der Waals surface area contributed by atoms with Crippen molar-refractivity contribution in [2.75, 3.05) is 13.1 Å². The first kappa shape index (κ1) is 13.3. The van der Waals surface area contributed by atoms with Gasteiger partial charge in [-0.3, -0.25) is 4.79 Å². The van der Waals surface area contributed by atoms with Gasteiger partial charge in [-0.05, 0) is 17.9 Å². The van der Waals surface area contributed by atoms with Gasteiger partial charge in [0.2, 0.25) is 17.6 Å². The number of rotatable bonds is 5. The molecule has 2 aromatic rings. The van der Waals surface area contributed by atoms with Gasteiger partial charge in [0.15, 0.2) is 0 Å². The van der Waals surface area contributed by atoms with Gasteiger partial charge in [0.05, 0.1) is 10.8 Å². The van der Waals surface area contributed by atoms with E-state index in [1.165, 1.54) is 0 Å². The van der Waals surface area contributed by atoms with Gasteiger partial charge < -0.3 is 9.42 Å². The Morgan fingerprint density at radius 1 is 1.55 bits per heavy atom. The van der Waals surface area contributed by atoms with Crippen LogP contribution >= 0.6 is 11.3 Å². The second kappa shape index (κ2) is 5.75. The van der Waals surface area contributed by atoms with Crippen molar-refractivity contribution < 1.29 is 9.32 Å². The lowest BCUT2D eigenvalue weighted by Gasteiger charge is -2.37. The smallest absolute Gasteiger partial charge is 0.233 e. The van der Waals surface area contributed by atoms with Crippen molar-refractivity contribution in [2.24, 2.45) is 0 Å². The molecule has 1 aliphatic heterocycles. The number of thiophene rings is 1. The standard InChI is InChI=1S/C14H17N3O2S/c1-2-3-6-12(18)17-8-10(9-17)14-15-13(16-19-14)11-5-4-7-20-11/h4-5,7,10H,2-3,6,8-9H2,1H3. The van der Waals surface area contributed by atoms with Crippen molar-refractivity contribution in [3.8, 4) is 10.7 Å². The second-order valence-electron chi connectivity index (χ2n) is 5.03. The zero-order chi connectivity index (χ0) is 13.9. The second-order valence-corrected chi connectivity index (χ2v) is 5.98. The van der Waals surface area contributed by atoms with Crippen LogP contribution in [0.25, 0.3) is 10.7 Å². The summed E-state index contributed by atoms with van der Waals surface area (Å²) >= 11 is 1.59. The highest BCUT2D eigenvalue weighted by atomic mass is 32.1. The van der Waals surface area contributed by atoms with Gasteiger partial charge in [0.25, 0.3) is 0 Å². The van der Waals surface area contributed by atoms with Crippen molar-refractivity contribution in [3.05, 3.63) is 23.4 Å². The topological polar surface area (TPSA) is 59.2 Å². The summed E-state index contributed by atoms with van der Waals surface area (Å²) in [6, 6.07) is 3.94. The minimum absolute atomic E-state index is 0.196. The molecule has 5 nitrogen and oxygen atoms in total. The minimum atomic E-state index is 0.196. The van der Waals surface area contributed by atoms with Crippen molar-refractivity contribution in [1.82, 2.24) is 15.0 Å². The fraction of sp³-hybridized carbons (Fsp3) is 0.500. The molecule has 0 unspecified atom stereocenters. The number of carbonyl (C=O) groups excluding carboxylic acids is 1. The van der Waals surface area contributed by atoms with Crippen LogP contribution in [-0.2, 0) is 4.79 Å². The molecular weight excluding hydrogens is 274 g/mol. The Kier molecular flexibility index (Phi) is 3.82. The fourth-order valence-electron chi connectivity index (χ4n) is 2.23. The van der Waals surface area contributed by atoms with E-state index in [1.54, 1.807) is 11.3 Å². The van der Waals surface area contributed by atoms with Gasteiger partial charge in [-0.1, -0.05) is 24.6 Å². The van der Waals surface area contributed by atoms with E-state index < -0.39 is 0 Å². The molecule has 1 aliphatic rings. The molecule has 0 atom stereocenters. The van der Waals surface area contributed by atoms with Crippen LogP contribution in [0.15, 0.2) is 22.0 Å². The van der Waals surface area contributed by atoms with Gasteiger partial charge in [-0.2, -0.15) is 4.98 Å². The zero-order valence-electron chi connectivity index (χ0n) is 11.4. The summed E-state index contributed by atoms with van der Waals surface area (Å²) in [4.78, 5) is 19.1. The molecule has 0 aliphatic carbocycles. The molecule has 6 heteroatoms. The SMILES string of the molecule is CCCCC(=O)N1CC(c2nc(-c3cccs3)no2)C1. The monoisotopic (exact) mass is 291 g/mol. The Morgan fingerprint density at radius 3 is 3.10 bits per heavy atom. The molecule has 3 heterocycles. The van der Waals surface area contributed by atoms with E-state index in [0.29, 0.717) is 31.2 Å². The Hall–Kier alpha value is -1.69. The number of hydrogen-bond acceptors (Lipinski definition) is 5. The predicted molar refractivity (Wildman–Crippen MR) is 76.5 cm³/mol. The molecule has 0 saturated carbocycles. The van der Waals surface area contributed by atoms with Crippen LogP contribution in [0.2, 0.25) is 0 Å². The summed E-state index contributed by atoms with van der Waals surface area (Å²) in [6.45, 7) is 3.50.